The highest BCUT2D eigenvalue weighted by Crippen LogP contribution is 2.39. The van der Waals surface area contributed by atoms with E-state index in [9.17, 15) is 19.2 Å². The highest BCUT2D eigenvalue weighted by atomic mass is 32.1. The van der Waals surface area contributed by atoms with Gasteiger partial charge in [0.1, 0.15) is 22.5 Å². The Balaban J connectivity index is 1.73. The molecule has 0 radical (unpaired) electrons. The predicted molar refractivity (Wildman–Crippen MR) is 130 cm³/mol. The van der Waals surface area contributed by atoms with Crippen molar-refractivity contribution >= 4 is 35.0 Å². The lowest BCUT2D eigenvalue weighted by atomic mass is 9.95. The maximum atomic E-state index is 13.1. The maximum Gasteiger partial charge on any atom is 0.341 e. The van der Waals surface area contributed by atoms with Gasteiger partial charge in [-0.3, -0.25) is 4.79 Å². The normalized spacial score (nSPS) is 13.2. The molecule has 0 saturated carbocycles. The van der Waals surface area contributed by atoms with Gasteiger partial charge in [-0.15, -0.1) is 11.3 Å². The van der Waals surface area contributed by atoms with Gasteiger partial charge in [-0.2, -0.15) is 5.26 Å². The lowest BCUT2D eigenvalue weighted by Crippen LogP contribution is -2.13. The number of nitriles is 1. The summed E-state index contributed by atoms with van der Waals surface area (Å²) in [6.07, 6.45) is 5.46. The molecule has 2 aromatic heterocycles. The van der Waals surface area contributed by atoms with Crippen molar-refractivity contribution in [3.8, 4) is 11.1 Å². The lowest BCUT2D eigenvalue weighted by molar-refractivity contribution is -0.112. The van der Waals surface area contributed by atoms with Crippen LogP contribution in [0, 0.1) is 31.0 Å². The second-order valence-electron chi connectivity index (χ2n) is 8.18. The molecule has 0 atom stereocenters. The van der Waals surface area contributed by atoms with E-state index >= 15 is 0 Å². The van der Waals surface area contributed by atoms with Gasteiger partial charge in [-0.05, 0) is 87.1 Å². The van der Waals surface area contributed by atoms with E-state index in [1.165, 1.54) is 42.3 Å². The standard InChI is InChI=1S/C26H24FN3O3S/c1-15-12-17(13-18(14-28)24(31)29-20-10-8-19(27)9-11-20)16(2)30(15)25-23(26(32)33-3)21-6-4-5-7-22(21)34-25/h8-13H,4-7H2,1-3H3,(H,29,31)/b18-13-. The number of hydrogen-bond donors (Lipinski definition) is 1. The van der Waals surface area contributed by atoms with Crippen LogP contribution in [0.15, 0.2) is 35.9 Å². The molecule has 0 unspecified atom stereocenters. The summed E-state index contributed by atoms with van der Waals surface area (Å²) in [7, 11) is 1.39. The van der Waals surface area contributed by atoms with Gasteiger partial charge < -0.3 is 14.6 Å². The highest BCUT2D eigenvalue weighted by Gasteiger charge is 2.28. The van der Waals surface area contributed by atoms with Gasteiger partial charge in [0.05, 0.1) is 12.7 Å². The Labute approximate surface area is 201 Å². The minimum atomic E-state index is -0.583. The molecule has 0 saturated heterocycles. The Hall–Kier alpha value is -3.70. The van der Waals surface area contributed by atoms with Crippen molar-refractivity contribution in [1.29, 1.82) is 5.26 Å². The number of methoxy groups -OCH3 is 1. The van der Waals surface area contributed by atoms with Crippen LogP contribution in [-0.2, 0) is 22.4 Å². The van der Waals surface area contributed by atoms with Gasteiger partial charge in [-0.25, -0.2) is 9.18 Å². The number of rotatable bonds is 5. The fourth-order valence-electron chi connectivity index (χ4n) is 4.30. The third kappa shape index (κ3) is 4.39. The summed E-state index contributed by atoms with van der Waals surface area (Å²) in [4.78, 5) is 26.6. The molecular formula is C26H24FN3O3S. The maximum absolute atomic E-state index is 13.1. The number of aryl methyl sites for hydroxylation is 2. The van der Waals surface area contributed by atoms with Crippen molar-refractivity contribution in [3.63, 3.8) is 0 Å². The molecule has 2 heterocycles. The smallest absolute Gasteiger partial charge is 0.341 e. The Morgan fingerprint density at radius 2 is 1.91 bits per heavy atom. The van der Waals surface area contributed by atoms with Crippen LogP contribution in [0.3, 0.4) is 0 Å². The van der Waals surface area contributed by atoms with Gasteiger partial charge in [0.2, 0.25) is 0 Å². The zero-order chi connectivity index (χ0) is 24.4. The van der Waals surface area contributed by atoms with Crippen LogP contribution in [0.4, 0.5) is 10.1 Å². The summed E-state index contributed by atoms with van der Waals surface area (Å²) >= 11 is 1.60. The van der Waals surface area contributed by atoms with Gasteiger partial charge in [0.15, 0.2) is 0 Å². The first-order valence-corrected chi connectivity index (χ1v) is 11.8. The SMILES string of the molecule is COC(=O)c1c(-n2c(C)cc(/C=C(/C#N)C(=O)Nc3ccc(F)cc3)c2C)sc2c1CCCC2. The molecule has 174 valence electrons. The molecule has 1 aromatic carbocycles. The number of esters is 1. The Morgan fingerprint density at radius 3 is 2.59 bits per heavy atom. The number of aromatic nitrogens is 1. The molecule has 1 aliphatic carbocycles. The summed E-state index contributed by atoms with van der Waals surface area (Å²) in [5.74, 6) is -1.35. The number of carbonyl (C=O) groups is 2. The number of nitrogens with one attached hydrogen (secondary N) is 1. The molecule has 1 N–H and O–H groups in total. The van der Waals surface area contributed by atoms with Crippen LogP contribution < -0.4 is 5.32 Å². The highest BCUT2D eigenvalue weighted by molar-refractivity contribution is 7.15. The molecule has 3 aromatic rings. The van der Waals surface area contributed by atoms with Crippen LogP contribution in [0.1, 0.15) is 50.6 Å². The van der Waals surface area contributed by atoms with Crippen LogP contribution in [0.25, 0.3) is 11.1 Å². The summed E-state index contributed by atoms with van der Waals surface area (Å²) in [5, 5.41) is 13.0. The summed E-state index contributed by atoms with van der Waals surface area (Å²) in [5.41, 5.74) is 4.37. The van der Waals surface area contributed by atoms with E-state index in [2.05, 4.69) is 5.32 Å². The van der Waals surface area contributed by atoms with Gasteiger partial charge in [0.25, 0.3) is 5.91 Å². The molecule has 34 heavy (non-hydrogen) atoms. The number of hydrogen-bond acceptors (Lipinski definition) is 5. The molecule has 0 spiro atoms. The molecule has 0 aliphatic heterocycles. The van der Waals surface area contributed by atoms with E-state index in [0.717, 1.165) is 47.6 Å². The number of nitrogens with zero attached hydrogens (tertiary/aromatic N) is 2. The second kappa shape index (κ2) is 9.65. The zero-order valence-electron chi connectivity index (χ0n) is 19.2. The molecule has 6 nitrogen and oxygen atoms in total. The van der Waals surface area contributed by atoms with Crippen LogP contribution in [0.2, 0.25) is 0 Å². The fraction of sp³-hybridized carbons (Fsp3) is 0.269. The monoisotopic (exact) mass is 477 g/mol. The zero-order valence-corrected chi connectivity index (χ0v) is 20.0. The largest absolute Gasteiger partial charge is 0.465 e. The van der Waals surface area contributed by atoms with E-state index in [0.29, 0.717) is 16.8 Å². The lowest BCUT2D eigenvalue weighted by Gasteiger charge is -2.12. The van der Waals surface area contributed by atoms with E-state index in [4.69, 9.17) is 4.74 Å². The number of carbonyl (C=O) groups excluding carboxylic acids is 2. The third-order valence-electron chi connectivity index (χ3n) is 5.98. The van der Waals surface area contributed by atoms with Crippen LogP contribution in [-0.4, -0.2) is 23.6 Å². The van der Waals surface area contributed by atoms with Crippen LogP contribution in [0.5, 0.6) is 0 Å². The van der Waals surface area contributed by atoms with Crippen molar-refractivity contribution in [3.05, 3.63) is 74.7 Å². The summed E-state index contributed by atoms with van der Waals surface area (Å²) in [6.45, 7) is 3.82. The number of halogens is 1. The van der Waals surface area contributed by atoms with E-state index in [-0.39, 0.29) is 11.5 Å². The average molecular weight is 478 g/mol. The fourth-order valence-corrected chi connectivity index (χ4v) is 5.79. The molecular weight excluding hydrogens is 453 g/mol. The van der Waals surface area contributed by atoms with Crippen molar-refractivity contribution in [1.82, 2.24) is 4.57 Å². The average Bonchev–Trinajstić information content (AvgIpc) is 3.34. The van der Waals surface area contributed by atoms with Crippen molar-refractivity contribution in [2.45, 2.75) is 39.5 Å². The van der Waals surface area contributed by atoms with E-state index in [1.807, 2.05) is 30.6 Å². The minimum absolute atomic E-state index is 0.0803. The first-order valence-electron chi connectivity index (χ1n) is 10.9. The summed E-state index contributed by atoms with van der Waals surface area (Å²) in [6, 6.07) is 9.17. The first-order chi connectivity index (χ1) is 16.3. The third-order valence-corrected chi connectivity index (χ3v) is 7.26. The number of benzene rings is 1. The Bertz CT molecular complexity index is 1340. The first kappa shape index (κ1) is 23.5. The second-order valence-corrected chi connectivity index (χ2v) is 9.26. The number of fused-ring (bicyclic) bond motifs is 1. The quantitative estimate of drug-likeness (QED) is 0.299. The molecule has 1 aliphatic rings. The molecule has 0 fully saturated rings. The molecule has 1 amide bonds. The van der Waals surface area contributed by atoms with E-state index in [1.54, 1.807) is 11.3 Å². The van der Waals surface area contributed by atoms with Gasteiger partial charge in [-0.1, -0.05) is 0 Å². The summed E-state index contributed by atoms with van der Waals surface area (Å²) < 4.78 is 20.2. The number of amides is 1. The Morgan fingerprint density at radius 1 is 1.21 bits per heavy atom. The minimum Gasteiger partial charge on any atom is -0.465 e. The van der Waals surface area contributed by atoms with E-state index < -0.39 is 11.7 Å². The predicted octanol–water partition coefficient (Wildman–Crippen LogP) is 5.51. The topological polar surface area (TPSA) is 84.1 Å². The molecule has 8 heteroatoms. The van der Waals surface area contributed by atoms with Crippen LogP contribution >= 0.6 is 11.3 Å². The van der Waals surface area contributed by atoms with Crippen molar-refractivity contribution in [2.75, 3.05) is 12.4 Å². The van der Waals surface area contributed by atoms with Gasteiger partial charge >= 0.3 is 5.97 Å². The number of thiophene rings is 1. The number of anilines is 1. The van der Waals surface area contributed by atoms with Crippen molar-refractivity contribution in [2.24, 2.45) is 0 Å². The molecule has 0 bridgehead atoms. The van der Waals surface area contributed by atoms with Gasteiger partial charge in [0, 0.05) is 22.0 Å². The molecule has 4 rings (SSSR count). The number of ether oxygens (including phenoxy) is 1. The van der Waals surface area contributed by atoms with Crippen molar-refractivity contribution < 1.29 is 18.7 Å². The Kier molecular flexibility index (Phi) is 6.66.